The second-order valence-corrected chi connectivity index (χ2v) is 8.25. The minimum atomic E-state index is -5.35. The van der Waals surface area contributed by atoms with Crippen LogP contribution in [0.3, 0.4) is 0 Å². The molecule has 0 bridgehead atoms. The molecule has 10 N–H and O–H groups in total. The number of rotatable bonds is 8. The second kappa shape index (κ2) is 9.98. The van der Waals surface area contributed by atoms with Gasteiger partial charge in [-0.1, -0.05) is 0 Å². The Morgan fingerprint density at radius 1 is 1.16 bits per heavy atom. The van der Waals surface area contributed by atoms with Crippen LogP contribution in [0.2, 0.25) is 0 Å². The zero-order chi connectivity index (χ0) is 23.7. The Labute approximate surface area is 174 Å². The van der Waals surface area contributed by atoms with Gasteiger partial charge in [-0.2, -0.15) is 0 Å². The van der Waals surface area contributed by atoms with E-state index >= 15 is 0 Å². The minimum Gasteiger partial charge on any atom is -0.477 e. The molecule has 0 unspecified atom stereocenters. The van der Waals surface area contributed by atoms with Crippen molar-refractivity contribution in [3.63, 3.8) is 0 Å². The monoisotopic (exact) mass is 480 g/mol. The Kier molecular flexibility index (Phi) is 8.51. The number of aliphatic hydroxyl groups excluding tert-OH is 6. The smallest absolute Gasteiger partial charge is 0.469 e. The number of hydrogen-bond donors (Lipinski definition) is 10. The largest absolute Gasteiger partial charge is 0.477 e. The van der Waals surface area contributed by atoms with Gasteiger partial charge in [-0.25, -0.2) is 9.36 Å². The Morgan fingerprint density at radius 3 is 2.26 bits per heavy atom. The summed E-state index contributed by atoms with van der Waals surface area (Å²) in [6.45, 7) is -1.92. The Bertz CT molecular complexity index is 669. The first kappa shape index (κ1) is 26.4. The summed E-state index contributed by atoms with van der Waals surface area (Å²) in [4.78, 5) is 29.7. The molecule has 2 fully saturated rings. The second-order valence-electron chi connectivity index (χ2n) is 7.06. The van der Waals surface area contributed by atoms with Gasteiger partial charge in [-0.15, -0.1) is 0 Å². The number of carbonyl (C=O) groups is 1. The predicted molar refractivity (Wildman–Crippen MR) is 90.7 cm³/mol. The van der Waals surface area contributed by atoms with Crippen molar-refractivity contribution in [3.8, 4) is 0 Å². The maximum Gasteiger partial charge on any atom is 0.469 e. The van der Waals surface area contributed by atoms with Crippen molar-refractivity contribution in [1.82, 2.24) is 0 Å². The van der Waals surface area contributed by atoms with Crippen molar-refractivity contribution in [1.29, 1.82) is 0 Å². The van der Waals surface area contributed by atoms with E-state index in [-0.39, 0.29) is 0 Å². The summed E-state index contributed by atoms with van der Waals surface area (Å²) in [6.07, 6.45) is -18.0. The molecule has 31 heavy (non-hydrogen) atoms. The van der Waals surface area contributed by atoms with Crippen molar-refractivity contribution in [3.05, 3.63) is 0 Å². The first-order valence-electron chi connectivity index (χ1n) is 8.86. The summed E-state index contributed by atoms with van der Waals surface area (Å²) >= 11 is 0. The fourth-order valence-corrected chi connectivity index (χ4v) is 3.80. The molecule has 0 aliphatic carbocycles. The van der Waals surface area contributed by atoms with Crippen LogP contribution in [0.25, 0.3) is 0 Å². The number of carboxylic acid groups (broad SMARTS) is 1. The molecule has 0 saturated carbocycles. The van der Waals surface area contributed by atoms with Crippen LogP contribution in [0.5, 0.6) is 0 Å². The van der Waals surface area contributed by atoms with Crippen LogP contribution in [0.1, 0.15) is 6.42 Å². The van der Waals surface area contributed by atoms with E-state index in [1.54, 1.807) is 0 Å². The lowest BCUT2D eigenvalue weighted by Crippen LogP contribution is -2.66. The lowest BCUT2D eigenvalue weighted by molar-refractivity contribution is -0.359. The van der Waals surface area contributed by atoms with Crippen molar-refractivity contribution >= 4 is 13.8 Å². The topological polar surface area (TPSA) is 273 Å². The highest BCUT2D eigenvalue weighted by atomic mass is 31.2. The zero-order valence-corrected chi connectivity index (χ0v) is 16.6. The molecule has 10 atom stereocenters. The van der Waals surface area contributed by atoms with Crippen LogP contribution in [0, 0.1) is 0 Å². The number of aliphatic carboxylic acids is 1. The molecule has 182 valence electrons. The molecule has 2 heterocycles. The third-order valence-corrected chi connectivity index (χ3v) is 5.36. The maximum absolute atomic E-state index is 11.4. The molecule has 0 aromatic carbocycles. The molecule has 0 aromatic rings. The SMILES string of the molecule is O=C(O)[C@@]1(O)C[C@@H](OP(=O)(O)O)[C@@H](O[C@H]2O[C@H](CO)[C@@H](O)[C@H](O)[C@@H]2O)[C@@H]([C@H](O)CO)O1. The predicted octanol–water partition coefficient (Wildman–Crippen LogP) is -5.44. The summed E-state index contributed by atoms with van der Waals surface area (Å²) < 4.78 is 31.2. The number of ether oxygens (including phenoxy) is 3. The molecule has 0 aromatic heterocycles. The van der Waals surface area contributed by atoms with Gasteiger partial charge in [0.15, 0.2) is 6.29 Å². The van der Waals surface area contributed by atoms with Gasteiger partial charge in [0.2, 0.25) is 0 Å². The molecule has 0 spiro atoms. The summed E-state index contributed by atoms with van der Waals surface area (Å²) in [7, 11) is -5.35. The van der Waals surface area contributed by atoms with E-state index in [0.29, 0.717) is 0 Å². The van der Waals surface area contributed by atoms with Crippen molar-refractivity contribution in [2.24, 2.45) is 0 Å². The maximum atomic E-state index is 11.4. The molecule has 0 amide bonds. The van der Waals surface area contributed by atoms with Crippen LogP contribution in [-0.4, -0.2) is 131 Å². The molecule has 0 radical (unpaired) electrons. The lowest BCUT2D eigenvalue weighted by Gasteiger charge is -2.47. The first-order valence-corrected chi connectivity index (χ1v) is 10.4. The van der Waals surface area contributed by atoms with Crippen molar-refractivity contribution < 1.29 is 78.7 Å². The average molecular weight is 480 g/mol. The summed E-state index contributed by atoms with van der Waals surface area (Å²) in [6, 6.07) is 0. The van der Waals surface area contributed by atoms with Crippen LogP contribution in [0.15, 0.2) is 0 Å². The number of hydrogen-bond acceptors (Lipinski definition) is 13. The van der Waals surface area contributed by atoms with Gasteiger partial charge in [0.25, 0.3) is 5.79 Å². The number of carboxylic acids is 1. The average Bonchev–Trinajstić information content (AvgIpc) is 2.67. The van der Waals surface area contributed by atoms with Crippen LogP contribution in [0.4, 0.5) is 0 Å². The minimum absolute atomic E-state index is 0.837. The zero-order valence-electron chi connectivity index (χ0n) is 15.7. The van der Waals surface area contributed by atoms with Gasteiger partial charge in [0.05, 0.1) is 13.2 Å². The van der Waals surface area contributed by atoms with Gasteiger partial charge in [-0.3, -0.25) is 4.52 Å². The molecule has 2 rings (SSSR count). The third kappa shape index (κ3) is 5.95. The van der Waals surface area contributed by atoms with Crippen molar-refractivity contribution in [2.45, 2.75) is 67.3 Å². The standard InChI is InChI=1S/C14H25O16P/c15-2-4(17)10-11(28-12-9(20)8(19)7(18)6(3-16)27-12)5(30-31(24,25)26)1-14(23,29-10)13(21)22/h4-12,15-20,23H,1-3H2,(H,21,22)(H2,24,25,26)/t4-,5-,6-,7-,8+,9+,10-,11-,12-,14-/m1/s1. The van der Waals surface area contributed by atoms with E-state index in [4.69, 9.17) is 24.0 Å². The number of phosphoric ester groups is 1. The van der Waals surface area contributed by atoms with E-state index in [1.165, 1.54) is 0 Å². The van der Waals surface area contributed by atoms with Gasteiger partial charge >= 0.3 is 13.8 Å². The van der Waals surface area contributed by atoms with E-state index < -0.39 is 94.3 Å². The highest BCUT2D eigenvalue weighted by Crippen LogP contribution is 2.44. The van der Waals surface area contributed by atoms with Crippen molar-refractivity contribution in [2.75, 3.05) is 13.2 Å². The molecule has 2 saturated heterocycles. The quantitative estimate of drug-likeness (QED) is 0.145. The molecule has 17 heteroatoms. The molecule has 16 nitrogen and oxygen atoms in total. The van der Waals surface area contributed by atoms with Crippen LogP contribution in [-0.2, 0) is 28.1 Å². The van der Waals surface area contributed by atoms with Gasteiger partial charge in [0, 0.05) is 6.42 Å². The van der Waals surface area contributed by atoms with Gasteiger partial charge < -0.3 is 64.8 Å². The lowest BCUT2D eigenvalue weighted by atomic mass is 9.92. The van der Waals surface area contributed by atoms with E-state index in [1.807, 2.05) is 0 Å². The Hall–Kier alpha value is -0.820. The van der Waals surface area contributed by atoms with Gasteiger partial charge in [0.1, 0.15) is 48.8 Å². The van der Waals surface area contributed by atoms with E-state index in [2.05, 4.69) is 4.52 Å². The molecule has 2 aliphatic heterocycles. The fourth-order valence-electron chi connectivity index (χ4n) is 3.25. The fraction of sp³-hybridized carbons (Fsp3) is 0.929. The molecular weight excluding hydrogens is 455 g/mol. The Morgan fingerprint density at radius 2 is 1.77 bits per heavy atom. The first-order chi connectivity index (χ1) is 14.2. The van der Waals surface area contributed by atoms with E-state index in [9.17, 15) is 50.2 Å². The highest BCUT2D eigenvalue weighted by Gasteiger charge is 2.57. The molecule has 2 aliphatic rings. The number of phosphoric acid groups is 1. The van der Waals surface area contributed by atoms with Crippen LogP contribution < -0.4 is 0 Å². The normalized spacial score (nSPS) is 42.9. The highest BCUT2D eigenvalue weighted by molar-refractivity contribution is 7.46. The number of aliphatic hydroxyl groups is 7. The summed E-state index contributed by atoms with van der Waals surface area (Å²) in [5, 5.41) is 77.7. The Balaban J connectivity index is 2.40. The van der Waals surface area contributed by atoms with E-state index in [0.717, 1.165) is 0 Å². The van der Waals surface area contributed by atoms with Crippen LogP contribution >= 0.6 is 7.82 Å². The molecular formula is C14H25O16P. The van der Waals surface area contributed by atoms with Gasteiger partial charge in [-0.05, 0) is 0 Å². The summed E-state index contributed by atoms with van der Waals surface area (Å²) in [5.41, 5.74) is 0. The summed E-state index contributed by atoms with van der Waals surface area (Å²) in [5.74, 6) is -5.12. The third-order valence-electron chi connectivity index (χ3n) is 4.81.